The maximum absolute atomic E-state index is 13.4. The number of alkyl halides is 5. The predicted molar refractivity (Wildman–Crippen MR) is 130 cm³/mol. The van der Waals surface area contributed by atoms with Gasteiger partial charge in [-0.2, -0.15) is 23.5 Å². The number of rotatable bonds is 4. The van der Waals surface area contributed by atoms with E-state index in [1.807, 2.05) is 6.07 Å². The molecule has 0 saturated heterocycles. The van der Waals surface area contributed by atoms with Gasteiger partial charge >= 0.3 is 11.9 Å². The second-order valence-electron chi connectivity index (χ2n) is 7.38. The number of benzene rings is 2. The first-order valence-corrected chi connectivity index (χ1v) is 11.7. The van der Waals surface area contributed by atoms with E-state index in [2.05, 4.69) is 37.0 Å². The lowest BCUT2D eigenvalue weighted by molar-refractivity contribution is -0.137. The van der Waals surface area contributed by atoms with Crippen molar-refractivity contribution < 1.29 is 13.2 Å². The van der Waals surface area contributed by atoms with Gasteiger partial charge in [-0.25, -0.2) is 9.48 Å². The van der Waals surface area contributed by atoms with Gasteiger partial charge in [0.2, 0.25) is 0 Å². The summed E-state index contributed by atoms with van der Waals surface area (Å²) in [6.45, 7) is 0. The molecule has 35 heavy (non-hydrogen) atoms. The summed E-state index contributed by atoms with van der Waals surface area (Å²) in [5.41, 5.74) is -1.08. The van der Waals surface area contributed by atoms with E-state index in [1.54, 1.807) is 30.3 Å². The first-order valence-electron chi connectivity index (χ1n) is 9.91. The highest BCUT2D eigenvalue weighted by Crippen LogP contribution is 2.37. The van der Waals surface area contributed by atoms with Crippen LogP contribution in [-0.4, -0.2) is 18.9 Å². The van der Waals surface area contributed by atoms with Gasteiger partial charge in [0.1, 0.15) is 3.74 Å². The molecule has 0 unspecified atom stereocenters. The van der Waals surface area contributed by atoms with E-state index >= 15 is 0 Å². The first-order chi connectivity index (χ1) is 16.5. The Hall–Kier alpha value is -3.43. The zero-order chi connectivity index (χ0) is 25.5. The van der Waals surface area contributed by atoms with Crippen LogP contribution >= 0.6 is 31.9 Å². The SMILES string of the molecule is Cn1c(=O)c(-c2ccnn2-c2ccc(C#N)cc2)c(C(Br)Br)n(-c2cccc(C(F)(F)F)c2)c1=O. The van der Waals surface area contributed by atoms with Crippen molar-refractivity contribution in [1.29, 1.82) is 5.26 Å². The lowest BCUT2D eigenvalue weighted by Crippen LogP contribution is -2.40. The van der Waals surface area contributed by atoms with E-state index in [-0.39, 0.29) is 16.9 Å². The highest BCUT2D eigenvalue weighted by atomic mass is 79.9. The van der Waals surface area contributed by atoms with Crippen LogP contribution in [0.1, 0.15) is 20.6 Å². The summed E-state index contributed by atoms with van der Waals surface area (Å²) in [4.78, 5) is 26.5. The van der Waals surface area contributed by atoms with Gasteiger partial charge in [-0.3, -0.25) is 13.9 Å². The standard InChI is InChI=1S/C23H14Br2F3N5O2/c1-31-21(34)18(17-9-10-30-33(17)15-7-5-13(12-29)6-8-15)19(20(24)25)32(22(31)35)16-4-2-3-14(11-16)23(26,27)28/h2-11,20H,1H3. The Bertz CT molecular complexity index is 1580. The molecule has 0 aliphatic carbocycles. The summed E-state index contributed by atoms with van der Waals surface area (Å²) in [6, 6.07) is 14.3. The molecule has 2 aromatic carbocycles. The third-order valence-electron chi connectivity index (χ3n) is 5.27. The molecule has 4 aromatic rings. The van der Waals surface area contributed by atoms with Crippen molar-refractivity contribution >= 4 is 31.9 Å². The van der Waals surface area contributed by atoms with Gasteiger partial charge in [-0.05, 0) is 48.5 Å². The second-order valence-corrected chi connectivity index (χ2v) is 10.4. The average molecular weight is 609 g/mol. The molecule has 178 valence electrons. The van der Waals surface area contributed by atoms with Crippen LogP contribution in [0.5, 0.6) is 0 Å². The zero-order valence-electron chi connectivity index (χ0n) is 17.8. The highest BCUT2D eigenvalue weighted by molar-refractivity contribution is 9.24. The Morgan fingerprint density at radius 1 is 1.03 bits per heavy atom. The minimum atomic E-state index is -4.63. The van der Waals surface area contributed by atoms with Gasteiger partial charge in [0.05, 0.1) is 51.7 Å². The minimum Gasteiger partial charge on any atom is -0.268 e. The van der Waals surface area contributed by atoms with Crippen molar-refractivity contribution in [2.75, 3.05) is 0 Å². The molecule has 0 aliphatic heterocycles. The van der Waals surface area contributed by atoms with E-state index in [0.29, 0.717) is 16.9 Å². The second kappa shape index (κ2) is 9.31. The topological polar surface area (TPSA) is 85.6 Å². The molecule has 4 rings (SSSR count). The summed E-state index contributed by atoms with van der Waals surface area (Å²) >= 11 is 6.68. The quantitative estimate of drug-likeness (QED) is 0.303. The number of hydrogen-bond donors (Lipinski definition) is 0. The van der Waals surface area contributed by atoms with Crippen LogP contribution in [0.15, 0.2) is 70.4 Å². The molecule has 0 amide bonds. The van der Waals surface area contributed by atoms with Crippen LogP contribution in [0.25, 0.3) is 22.6 Å². The van der Waals surface area contributed by atoms with Crippen molar-refractivity contribution in [3.8, 4) is 28.7 Å². The highest BCUT2D eigenvalue weighted by Gasteiger charge is 2.32. The smallest absolute Gasteiger partial charge is 0.268 e. The molecule has 2 heterocycles. The van der Waals surface area contributed by atoms with Gasteiger partial charge in [0, 0.05) is 7.05 Å². The fraction of sp³-hybridized carbons (Fsp3) is 0.130. The number of halogens is 5. The molecule has 0 radical (unpaired) electrons. The van der Waals surface area contributed by atoms with Gasteiger partial charge in [0.15, 0.2) is 0 Å². The largest absolute Gasteiger partial charge is 0.416 e. The molecular formula is C23H14Br2F3N5O2. The number of hydrogen-bond acceptors (Lipinski definition) is 4. The van der Waals surface area contributed by atoms with Crippen LogP contribution in [-0.2, 0) is 13.2 Å². The van der Waals surface area contributed by atoms with E-state index in [1.165, 1.54) is 30.1 Å². The number of nitriles is 1. The van der Waals surface area contributed by atoms with Gasteiger partial charge < -0.3 is 0 Å². The lowest BCUT2D eigenvalue weighted by atomic mass is 10.1. The van der Waals surface area contributed by atoms with E-state index in [9.17, 15) is 22.8 Å². The van der Waals surface area contributed by atoms with Gasteiger partial charge in [-0.1, -0.05) is 37.9 Å². The fourth-order valence-electron chi connectivity index (χ4n) is 3.62. The van der Waals surface area contributed by atoms with Crippen molar-refractivity contribution in [3.05, 3.63) is 98.5 Å². The van der Waals surface area contributed by atoms with Crippen molar-refractivity contribution in [3.63, 3.8) is 0 Å². The van der Waals surface area contributed by atoms with Gasteiger partial charge in [0.25, 0.3) is 5.56 Å². The molecular weight excluding hydrogens is 595 g/mol. The molecule has 7 nitrogen and oxygen atoms in total. The lowest BCUT2D eigenvalue weighted by Gasteiger charge is -2.20. The predicted octanol–water partition coefficient (Wildman–Crippen LogP) is 5.07. The van der Waals surface area contributed by atoms with E-state index in [0.717, 1.165) is 21.3 Å². The summed E-state index contributed by atoms with van der Waals surface area (Å²) in [5, 5.41) is 13.3. The van der Waals surface area contributed by atoms with Crippen LogP contribution in [0.3, 0.4) is 0 Å². The summed E-state index contributed by atoms with van der Waals surface area (Å²) < 4.78 is 42.7. The molecule has 2 aromatic heterocycles. The van der Waals surface area contributed by atoms with E-state index in [4.69, 9.17) is 5.26 Å². The summed E-state index contributed by atoms with van der Waals surface area (Å²) in [7, 11) is 1.25. The Morgan fingerprint density at radius 2 is 1.71 bits per heavy atom. The monoisotopic (exact) mass is 607 g/mol. The molecule has 0 N–H and O–H groups in total. The van der Waals surface area contributed by atoms with Crippen LogP contribution in [0.4, 0.5) is 13.2 Å². The molecule has 0 fully saturated rings. The Labute approximate surface area is 212 Å². The number of nitrogens with zero attached hydrogens (tertiary/aromatic N) is 5. The normalized spacial score (nSPS) is 11.6. The molecule has 0 atom stereocenters. The molecule has 0 aliphatic rings. The fourth-order valence-corrected chi connectivity index (χ4v) is 4.49. The maximum Gasteiger partial charge on any atom is 0.416 e. The summed E-state index contributed by atoms with van der Waals surface area (Å²) in [6.07, 6.45) is -3.17. The van der Waals surface area contributed by atoms with Gasteiger partial charge in [-0.15, -0.1) is 0 Å². The van der Waals surface area contributed by atoms with Crippen LogP contribution in [0.2, 0.25) is 0 Å². The molecule has 12 heteroatoms. The Balaban J connectivity index is 2.06. The van der Waals surface area contributed by atoms with Crippen molar-refractivity contribution in [2.24, 2.45) is 7.05 Å². The zero-order valence-corrected chi connectivity index (χ0v) is 21.0. The van der Waals surface area contributed by atoms with E-state index < -0.39 is 26.7 Å². The minimum absolute atomic E-state index is 0.0464. The Morgan fingerprint density at radius 3 is 2.31 bits per heavy atom. The van der Waals surface area contributed by atoms with Crippen LogP contribution < -0.4 is 11.2 Å². The maximum atomic E-state index is 13.4. The van der Waals surface area contributed by atoms with Crippen molar-refractivity contribution in [1.82, 2.24) is 18.9 Å². The first kappa shape index (κ1) is 24.7. The van der Waals surface area contributed by atoms with Crippen molar-refractivity contribution in [2.45, 2.75) is 9.91 Å². The molecule has 0 spiro atoms. The van der Waals surface area contributed by atoms with Crippen LogP contribution in [0, 0.1) is 11.3 Å². The summed E-state index contributed by atoms with van der Waals surface area (Å²) in [5.74, 6) is 0. The third kappa shape index (κ3) is 4.49. The third-order valence-corrected chi connectivity index (χ3v) is 6.14. The Kier molecular flexibility index (Phi) is 6.57. The average Bonchev–Trinajstić information content (AvgIpc) is 3.31. The molecule has 0 bridgehead atoms. The molecule has 0 saturated carbocycles. The number of aromatic nitrogens is 4.